The minimum atomic E-state index is 0.0711. The summed E-state index contributed by atoms with van der Waals surface area (Å²) in [4.78, 5) is 17.2. The van der Waals surface area contributed by atoms with E-state index in [1.807, 2.05) is 22.6 Å². The monoisotopic (exact) mass is 360 g/mol. The number of nitrogens with zero attached hydrogens (tertiary/aromatic N) is 6. The van der Waals surface area contributed by atoms with E-state index in [0.29, 0.717) is 43.0 Å². The Labute approximate surface area is 154 Å². The first-order valence-corrected chi connectivity index (χ1v) is 9.36. The molecule has 3 heterocycles. The van der Waals surface area contributed by atoms with E-state index in [2.05, 4.69) is 34.0 Å². The predicted molar refractivity (Wildman–Crippen MR) is 96.8 cm³/mol. The van der Waals surface area contributed by atoms with Crippen LogP contribution < -0.4 is 0 Å². The molecule has 26 heavy (non-hydrogen) atoms. The second-order valence-corrected chi connectivity index (χ2v) is 7.06. The first-order valence-electron chi connectivity index (χ1n) is 9.36. The van der Waals surface area contributed by atoms with E-state index < -0.39 is 0 Å². The van der Waals surface area contributed by atoms with Crippen LogP contribution in [0.15, 0.2) is 10.5 Å². The van der Waals surface area contributed by atoms with E-state index in [1.54, 1.807) is 6.92 Å². The number of carbonyl (C=O) groups is 1. The van der Waals surface area contributed by atoms with Crippen molar-refractivity contribution in [3.8, 4) is 0 Å². The lowest BCUT2D eigenvalue weighted by Gasteiger charge is -2.21. The predicted octanol–water partition coefficient (Wildman–Crippen LogP) is 2.07. The molecule has 0 radical (unpaired) electrons. The van der Waals surface area contributed by atoms with Gasteiger partial charge in [-0.25, -0.2) is 0 Å². The van der Waals surface area contributed by atoms with E-state index in [-0.39, 0.29) is 5.91 Å². The fourth-order valence-electron chi connectivity index (χ4n) is 3.22. The van der Waals surface area contributed by atoms with Gasteiger partial charge in [0.25, 0.3) is 5.91 Å². The van der Waals surface area contributed by atoms with Gasteiger partial charge in [-0.2, -0.15) is 5.10 Å². The van der Waals surface area contributed by atoms with Crippen molar-refractivity contribution >= 4 is 5.91 Å². The number of hydrogen-bond donors (Lipinski definition) is 0. The van der Waals surface area contributed by atoms with E-state index in [9.17, 15) is 4.79 Å². The van der Waals surface area contributed by atoms with Crippen LogP contribution in [-0.2, 0) is 13.1 Å². The molecule has 0 bridgehead atoms. The van der Waals surface area contributed by atoms with Gasteiger partial charge in [-0.15, -0.1) is 10.2 Å². The lowest BCUT2D eigenvalue weighted by Crippen LogP contribution is -2.36. The summed E-state index contributed by atoms with van der Waals surface area (Å²) >= 11 is 0. The van der Waals surface area contributed by atoms with Crippen LogP contribution in [0.5, 0.6) is 0 Å². The zero-order chi connectivity index (χ0) is 18.7. The number of aryl methyl sites for hydroxylation is 2. The maximum atomic E-state index is 13.0. The molecule has 2 aromatic rings. The highest BCUT2D eigenvalue weighted by molar-refractivity contribution is 5.92. The van der Waals surface area contributed by atoms with Crippen LogP contribution in [0.2, 0.25) is 0 Å². The molecule has 0 saturated carbocycles. The Kier molecular flexibility index (Phi) is 5.70. The first-order chi connectivity index (χ1) is 12.5. The van der Waals surface area contributed by atoms with Crippen LogP contribution in [-0.4, -0.2) is 61.9 Å². The summed E-state index contributed by atoms with van der Waals surface area (Å²) in [5.41, 5.74) is 1.66. The summed E-state index contributed by atoms with van der Waals surface area (Å²) < 4.78 is 7.29. The standard InChI is InChI=1S/C18H28N6O2/c1-5-24-16(11-15(21-24)13(2)3)18(25)23-8-6-7-22(9-10-23)12-17-20-19-14(4)26-17/h11,13H,5-10,12H2,1-4H3. The van der Waals surface area contributed by atoms with Crippen LogP contribution in [0.4, 0.5) is 0 Å². The molecule has 8 heteroatoms. The summed E-state index contributed by atoms with van der Waals surface area (Å²) in [5.74, 6) is 1.60. The van der Waals surface area contributed by atoms with Gasteiger partial charge in [-0.3, -0.25) is 14.4 Å². The Balaban J connectivity index is 1.66. The number of aromatic nitrogens is 4. The number of hydrogen-bond acceptors (Lipinski definition) is 6. The average molecular weight is 360 g/mol. The molecular weight excluding hydrogens is 332 g/mol. The smallest absolute Gasteiger partial charge is 0.272 e. The third kappa shape index (κ3) is 4.12. The fourth-order valence-corrected chi connectivity index (χ4v) is 3.22. The molecule has 1 saturated heterocycles. The molecule has 3 rings (SSSR count). The molecule has 1 fully saturated rings. The quantitative estimate of drug-likeness (QED) is 0.812. The Morgan fingerprint density at radius 2 is 2.04 bits per heavy atom. The molecule has 1 amide bonds. The molecule has 0 unspecified atom stereocenters. The Morgan fingerprint density at radius 1 is 1.23 bits per heavy atom. The molecular formula is C18H28N6O2. The van der Waals surface area contributed by atoms with Gasteiger partial charge in [0, 0.05) is 39.6 Å². The Hall–Kier alpha value is -2.22. The summed E-state index contributed by atoms with van der Waals surface area (Å²) in [6.07, 6.45) is 0.927. The topological polar surface area (TPSA) is 80.3 Å². The molecule has 2 aromatic heterocycles. The molecule has 0 atom stereocenters. The van der Waals surface area contributed by atoms with Gasteiger partial charge in [0.1, 0.15) is 5.69 Å². The number of carbonyl (C=O) groups excluding carboxylic acids is 1. The third-order valence-corrected chi connectivity index (χ3v) is 4.71. The second kappa shape index (κ2) is 7.99. The minimum absolute atomic E-state index is 0.0711. The van der Waals surface area contributed by atoms with Gasteiger partial charge in [-0.05, 0) is 25.3 Å². The Morgan fingerprint density at radius 3 is 2.69 bits per heavy atom. The molecule has 0 spiro atoms. The van der Waals surface area contributed by atoms with Gasteiger partial charge in [0.2, 0.25) is 11.8 Å². The van der Waals surface area contributed by atoms with Crippen LogP contribution in [0.1, 0.15) is 61.1 Å². The fraction of sp³-hybridized carbons (Fsp3) is 0.667. The van der Waals surface area contributed by atoms with E-state index in [0.717, 1.165) is 31.7 Å². The van der Waals surface area contributed by atoms with Gasteiger partial charge in [0.05, 0.1) is 12.2 Å². The third-order valence-electron chi connectivity index (χ3n) is 4.71. The number of amides is 1. The largest absolute Gasteiger partial charge is 0.424 e. The summed E-state index contributed by atoms with van der Waals surface area (Å²) in [6, 6.07) is 1.94. The minimum Gasteiger partial charge on any atom is -0.424 e. The summed E-state index contributed by atoms with van der Waals surface area (Å²) in [7, 11) is 0. The molecule has 142 valence electrons. The highest BCUT2D eigenvalue weighted by atomic mass is 16.4. The highest BCUT2D eigenvalue weighted by Gasteiger charge is 2.24. The van der Waals surface area contributed by atoms with E-state index >= 15 is 0 Å². The maximum Gasteiger partial charge on any atom is 0.272 e. The van der Waals surface area contributed by atoms with Crippen molar-refractivity contribution < 1.29 is 9.21 Å². The van der Waals surface area contributed by atoms with Gasteiger partial charge in [-0.1, -0.05) is 13.8 Å². The first kappa shape index (κ1) is 18.6. The van der Waals surface area contributed by atoms with E-state index in [1.165, 1.54) is 0 Å². The van der Waals surface area contributed by atoms with Gasteiger partial charge >= 0.3 is 0 Å². The summed E-state index contributed by atoms with van der Waals surface area (Å²) in [6.45, 7) is 12.5. The average Bonchev–Trinajstić information content (AvgIpc) is 3.15. The molecule has 0 N–H and O–H groups in total. The lowest BCUT2D eigenvalue weighted by molar-refractivity contribution is 0.0748. The SMILES string of the molecule is CCn1nc(C(C)C)cc1C(=O)N1CCCN(Cc2nnc(C)o2)CC1. The van der Waals surface area contributed by atoms with Crippen molar-refractivity contribution in [3.05, 3.63) is 29.2 Å². The Bertz CT molecular complexity index is 751. The lowest BCUT2D eigenvalue weighted by atomic mass is 10.1. The van der Waals surface area contributed by atoms with Crippen molar-refractivity contribution in [1.29, 1.82) is 0 Å². The van der Waals surface area contributed by atoms with E-state index in [4.69, 9.17) is 4.42 Å². The van der Waals surface area contributed by atoms with Crippen LogP contribution >= 0.6 is 0 Å². The van der Waals surface area contributed by atoms with Gasteiger partial charge < -0.3 is 9.32 Å². The molecule has 8 nitrogen and oxygen atoms in total. The zero-order valence-corrected chi connectivity index (χ0v) is 16.1. The van der Waals surface area contributed by atoms with Crippen molar-refractivity contribution in [1.82, 2.24) is 29.8 Å². The summed E-state index contributed by atoms with van der Waals surface area (Å²) in [5, 5.41) is 12.5. The van der Waals surface area contributed by atoms with Crippen molar-refractivity contribution in [2.75, 3.05) is 26.2 Å². The van der Waals surface area contributed by atoms with Crippen molar-refractivity contribution in [3.63, 3.8) is 0 Å². The molecule has 1 aliphatic rings. The van der Waals surface area contributed by atoms with Crippen LogP contribution in [0, 0.1) is 6.92 Å². The second-order valence-electron chi connectivity index (χ2n) is 7.06. The zero-order valence-electron chi connectivity index (χ0n) is 16.1. The highest BCUT2D eigenvalue weighted by Crippen LogP contribution is 2.17. The van der Waals surface area contributed by atoms with Crippen molar-refractivity contribution in [2.45, 2.75) is 53.1 Å². The molecule has 0 aromatic carbocycles. The maximum absolute atomic E-state index is 13.0. The van der Waals surface area contributed by atoms with Crippen molar-refractivity contribution in [2.24, 2.45) is 0 Å². The normalized spacial score (nSPS) is 16.3. The molecule has 1 aliphatic heterocycles. The number of rotatable bonds is 5. The van der Waals surface area contributed by atoms with Crippen LogP contribution in [0.3, 0.4) is 0 Å². The van der Waals surface area contributed by atoms with Gasteiger partial charge in [0.15, 0.2) is 0 Å². The molecule has 0 aliphatic carbocycles. The van der Waals surface area contributed by atoms with Crippen LogP contribution in [0.25, 0.3) is 0 Å².